The van der Waals surface area contributed by atoms with Gasteiger partial charge in [0.25, 0.3) is 0 Å². The molecule has 1 rings (SSSR count). The second-order valence-electron chi connectivity index (χ2n) is 4.84. The molecule has 0 aromatic rings. The van der Waals surface area contributed by atoms with Crippen molar-refractivity contribution in [3.8, 4) is 0 Å². The zero-order valence-corrected chi connectivity index (χ0v) is 10.1. The van der Waals surface area contributed by atoms with Gasteiger partial charge < -0.3 is 10.2 Å². The Labute approximate surface area is 89.1 Å². The van der Waals surface area contributed by atoms with E-state index in [0.717, 1.165) is 0 Å². The standard InChI is InChI=1S/C12H26N2/c1-4-10-14(3)11-12(5-2)6-8-13-9-7-12/h13H,4-11H2,1-3H3. The Morgan fingerprint density at radius 3 is 2.36 bits per heavy atom. The number of nitrogens with zero attached hydrogens (tertiary/aromatic N) is 1. The minimum absolute atomic E-state index is 0.606. The van der Waals surface area contributed by atoms with Gasteiger partial charge in [-0.25, -0.2) is 0 Å². The van der Waals surface area contributed by atoms with E-state index in [1.807, 2.05) is 0 Å². The molecule has 0 aromatic heterocycles. The average Bonchev–Trinajstić information content (AvgIpc) is 2.19. The predicted molar refractivity (Wildman–Crippen MR) is 62.6 cm³/mol. The molecule has 1 aliphatic rings. The first kappa shape index (κ1) is 12.0. The molecule has 1 fully saturated rings. The summed E-state index contributed by atoms with van der Waals surface area (Å²) in [7, 11) is 2.27. The van der Waals surface area contributed by atoms with Crippen molar-refractivity contribution in [1.82, 2.24) is 10.2 Å². The van der Waals surface area contributed by atoms with Crippen molar-refractivity contribution in [2.45, 2.75) is 39.5 Å². The molecule has 1 N–H and O–H groups in total. The molecular formula is C12H26N2. The number of hydrogen-bond acceptors (Lipinski definition) is 2. The molecule has 0 saturated carbocycles. The molecule has 0 aromatic carbocycles. The lowest BCUT2D eigenvalue weighted by molar-refractivity contribution is 0.123. The molecule has 1 heterocycles. The van der Waals surface area contributed by atoms with Crippen molar-refractivity contribution in [1.29, 1.82) is 0 Å². The molecular weight excluding hydrogens is 172 g/mol. The zero-order valence-electron chi connectivity index (χ0n) is 10.1. The second-order valence-corrected chi connectivity index (χ2v) is 4.84. The maximum absolute atomic E-state index is 3.46. The molecule has 1 saturated heterocycles. The van der Waals surface area contributed by atoms with Crippen LogP contribution in [0.4, 0.5) is 0 Å². The van der Waals surface area contributed by atoms with Crippen molar-refractivity contribution in [3.63, 3.8) is 0 Å². The fraction of sp³-hybridized carbons (Fsp3) is 1.00. The second kappa shape index (κ2) is 5.72. The summed E-state index contributed by atoms with van der Waals surface area (Å²) >= 11 is 0. The maximum Gasteiger partial charge on any atom is 0.00358 e. The number of nitrogens with one attached hydrogen (secondary N) is 1. The van der Waals surface area contributed by atoms with E-state index < -0.39 is 0 Å². The van der Waals surface area contributed by atoms with Crippen LogP contribution in [-0.2, 0) is 0 Å². The Morgan fingerprint density at radius 1 is 1.21 bits per heavy atom. The monoisotopic (exact) mass is 198 g/mol. The quantitative estimate of drug-likeness (QED) is 0.728. The largest absolute Gasteiger partial charge is 0.317 e. The van der Waals surface area contributed by atoms with Gasteiger partial charge in [-0.15, -0.1) is 0 Å². The molecule has 0 atom stereocenters. The number of hydrogen-bond donors (Lipinski definition) is 1. The molecule has 1 aliphatic heterocycles. The molecule has 0 radical (unpaired) electrons. The van der Waals surface area contributed by atoms with Gasteiger partial charge in [0.15, 0.2) is 0 Å². The molecule has 0 unspecified atom stereocenters. The molecule has 84 valence electrons. The van der Waals surface area contributed by atoms with Crippen LogP contribution in [0.5, 0.6) is 0 Å². The SMILES string of the molecule is CCCN(C)CC1(CC)CCNCC1. The minimum Gasteiger partial charge on any atom is -0.317 e. The fourth-order valence-electron chi connectivity index (χ4n) is 2.61. The van der Waals surface area contributed by atoms with Crippen LogP contribution in [0.25, 0.3) is 0 Å². The predicted octanol–water partition coefficient (Wildman–Crippen LogP) is 2.11. The van der Waals surface area contributed by atoms with Crippen LogP contribution < -0.4 is 5.32 Å². The van der Waals surface area contributed by atoms with Crippen molar-refractivity contribution in [2.24, 2.45) is 5.41 Å². The summed E-state index contributed by atoms with van der Waals surface area (Å²) in [6.45, 7) is 9.58. The first-order chi connectivity index (χ1) is 6.72. The Balaban J connectivity index is 2.42. The zero-order chi connectivity index (χ0) is 10.4. The molecule has 2 nitrogen and oxygen atoms in total. The van der Waals surface area contributed by atoms with Gasteiger partial charge in [-0.1, -0.05) is 13.8 Å². The van der Waals surface area contributed by atoms with Gasteiger partial charge in [0, 0.05) is 6.54 Å². The average molecular weight is 198 g/mol. The lowest BCUT2D eigenvalue weighted by Crippen LogP contribution is -2.43. The highest BCUT2D eigenvalue weighted by molar-refractivity contribution is 4.85. The van der Waals surface area contributed by atoms with E-state index in [4.69, 9.17) is 0 Å². The highest BCUT2D eigenvalue weighted by atomic mass is 15.1. The van der Waals surface area contributed by atoms with Crippen LogP contribution in [-0.4, -0.2) is 38.1 Å². The van der Waals surface area contributed by atoms with Gasteiger partial charge >= 0.3 is 0 Å². The molecule has 0 spiro atoms. The Hall–Kier alpha value is -0.0800. The van der Waals surface area contributed by atoms with Crippen molar-refractivity contribution < 1.29 is 0 Å². The Kier molecular flexibility index (Phi) is 4.90. The minimum atomic E-state index is 0.606. The van der Waals surface area contributed by atoms with Crippen LogP contribution in [0, 0.1) is 5.41 Å². The summed E-state index contributed by atoms with van der Waals surface area (Å²) in [5, 5.41) is 3.46. The summed E-state index contributed by atoms with van der Waals surface area (Å²) in [6.07, 6.45) is 5.33. The maximum atomic E-state index is 3.46. The van der Waals surface area contributed by atoms with Crippen LogP contribution in [0.2, 0.25) is 0 Å². The van der Waals surface area contributed by atoms with E-state index in [1.54, 1.807) is 0 Å². The van der Waals surface area contributed by atoms with Gasteiger partial charge in [0.1, 0.15) is 0 Å². The first-order valence-electron chi connectivity index (χ1n) is 6.12. The topological polar surface area (TPSA) is 15.3 Å². The van der Waals surface area contributed by atoms with E-state index >= 15 is 0 Å². The molecule has 0 bridgehead atoms. The lowest BCUT2D eigenvalue weighted by atomic mass is 9.76. The van der Waals surface area contributed by atoms with E-state index in [2.05, 4.69) is 31.1 Å². The van der Waals surface area contributed by atoms with Gasteiger partial charge in [-0.2, -0.15) is 0 Å². The normalized spacial score (nSPS) is 21.4. The Morgan fingerprint density at radius 2 is 1.86 bits per heavy atom. The Bertz CT molecular complexity index is 150. The van der Waals surface area contributed by atoms with E-state index in [1.165, 1.54) is 51.9 Å². The molecule has 0 amide bonds. The summed E-state index contributed by atoms with van der Waals surface area (Å²) in [4.78, 5) is 2.51. The highest BCUT2D eigenvalue weighted by Crippen LogP contribution is 2.33. The van der Waals surface area contributed by atoms with Crippen LogP contribution in [0.3, 0.4) is 0 Å². The molecule has 0 aliphatic carbocycles. The number of rotatable bonds is 5. The number of piperidine rings is 1. The fourth-order valence-corrected chi connectivity index (χ4v) is 2.61. The van der Waals surface area contributed by atoms with Gasteiger partial charge in [0.05, 0.1) is 0 Å². The van der Waals surface area contributed by atoms with Gasteiger partial charge in [0.2, 0.25) is 0 Å². The highest BCUT2D eigenvalue weighted by Gasteiger charge is 2.30. The summed E-state index contributed by atoms with van der Waals surface area (Å²) in [5.41, 5.74) is 0.606. The van der Waals surface area contributed by atoms with Crippen LogP contribution >= 0.6 is 0 Å². The summed E-state index contributed by atoms with van der Waals surface area (Å²) in [5.74, 6) is 0. The molecule has 14 heavy (non-hydrogen) atoms. The van der Waals surface area contributed by atoms with Crippen LogP contribution in [0.1, 0.15) is 39.5 Å². The summed E-state index contributed by atoms with van der Waals surface area (Å²) in [6, 6.07) is 0. The van der Waals surface area contributed by atoms with E-state index in [9.17, 15) is 0 Å². The smallest absolute Gasteiger partial charge is 0.00358 e. The molecule has 2 heteroatoms. The third-order valence-electron chi connectivity index (χ3n) is 3.62. The van der Waals surface area contributed by atoms with Crippen molar-refractivity contribution in [2.75, 3.05) is 33.2 Å². The summed E-state index contributed by atoms with van der Waals surface area (Å²) < 4.78 is 0. The third kappa shape index (κ3) is 3.25. The lowest BCUT2D eigenvalue weighted by Gasteiger charge is -2.39. The first-order valence-corrected chi connectivity index (χ1v) is 6.12. The van der Waals surface area contributed by atoms with Gasteiger partial charge in [-0.3, -0.25) is 0 Å². The van der Waals surface area contributed by atoms with E-state index in [0.29, 0.717) is 5.41 Å². The van der Waals surface area contributed by atoms with Gasteiger partial charge in [-0.05, 0) is 57.8 Å². The van der Waals surface area contributed by atoms with E-state index in [-0.39, 0.29) is 0 Å². The third-order valence-corrected chi connectivity index (χ3v) is 3.62. The van der Waals surface area contributed by atoms with Crippen LogP contribution in [0.15, 0.2) is 0 Å². The van der Waals surface area contributed by atoms with Crippen molar-refractivity contribution >= 4 is 0 Å². The van der Waals surface area contributed by atoms with Crippen molar-refractivity contribution in [3.05, 3.63) is 0 Å².